The van der Waals surface area contributed by atoms with Gasteiger partial charge >= 0.3 is 10.5 Å². The van der Waals surface area contributed by atoms with Crippen LogP contribution in [0.5, 0.6) is 0 Å². The van der Waals surface area contributed by atoms with Gasteiger partial charge in [-0.05, 0) is 0 Å². The molecule has 0 saturated heterocycles. The summed E-state index contributed by atoms with van der Waals surface area (Å²) in [5.74, 6) is 0. The average Bonchev–Trinajstić information content (AvgIpc) is 2.15. The summed E-state index contributed by atoms with van der Waals surface area (Å²) in [7, 11) is -2.38. The highest BCUT2D eigenvalue weighted by Crippen LogP contribution is 2.04. The normalized spacial score (nSPS) is 8.89. The van der Waals surface area contributed by atoms with E-state index in [1.165, 1.54) is 12.4 Å². The number of rotatable bonds is 1. The smallest absolute Gasteiger partial charge is 0.283 e. The van der Waals surface area contributed by atoms with Crippen LogP contribution >= 0.6 is 0 Å². The maximum Gasteiger partial charge on any atom is 0.316 e. The van der Waals surface area contributed by atoms with E-state index in [1.54, 1.807) is 0 Å². The minimum absolute atomic E-state index is 0.309. The summed E-state index contributed by atoms with van der Waals surface area (Å²) < 4.78 is 22.9. The van der Waals surface area contributed by atoms with E-state index in [2.05, 4.69) is 14.6 Å². The molecule has 9 heavy (non-hydrogen) atoms. The molecular formula is C3H3N3O2S. The second-order valence-corrected chi connectivity index (χ2v) is 1.88. The van der Waals surface area contributed by atoms with Crippen molar-refractivity contribution in [3.05, 3.63) is 12.4 Å². The average molecular weight is 145 g/mol. The van der Waals surface area contributed by atoms with Gasteiger partial charge in [0.15, 0.2) is 0 Å². The second-order valence-electron chi connectivity index (χ2n) is 1.26. The highest BCUT2D eigenvalue weighted by atomic mass is 32.2. The minimum Gasteiger partial charge on any atom is -0.283 e. The third kappa shape index (κ3) is 1.65. The van der Waals surface area contributed by atoms with Crippen molar-refractivity contribution in [1.82, 2.24) is 10.2 Å². The van der Waals surface area contributed by atoms with Gasteiger partial charge in [-0.25, -0.2) is 0 Å². The lowest BCUT2D eigenvalue weighted by Gasteiger charge is -1.67. The molecule has 0 atom stereocenters. The quantitative estimate of drug-likeness (QED) is 0.609. The molecule has 1 rings (SSSR count). The van der Waals surface area contributed by atoms with E-state index >= 15 is 0 Å². The van der Waals surface area contributed by atoms with Crippen LogP contribution in [0, 0.1) is 0 Å². The molecule has 0 spiro atoms. The molecule has 0 saturated carbocycles. The van der Waals surface area contributed by atoms with Crippen LogP contribution in [0.2, 0.25) is 0 Å². The van der Waals surface area contributed by atoms with E-state index in [9.17, 15) is 8.42 Å². The van der Waals surface area contributed by atoms with Gasteiger partial charge in [0.05, 0.1) is 6.20 Å². The molecule has 0 bridgehead atoms. The summed E-state index contributed by atoms with van der Waals surface area (Å²) in [6.07, 6.45) is 2.70. The van der Waals surface area contributed by atoms with Crippen molar-refractivity contribution in [3.8, 4) is 0 Å². The first-order chi connectivity index (χ1) is 4.29. The summed E-state index contributed by atoms with van der Waals surface area (Å²) in [6.45, 7) is 0. The molecule has 1 heterocycles. The van der Waals surface area contributed by atoms with Gasteiger partial charge in [0, 0.05) is 6.20 Å². The van der Waals surface area contributed by atoms with Crippen molar-refractivity contribution >= 4 is 16.2 Å². The van der Waals surface area contributed by atoms with E-state index in [1.807, 2.05) is 0 Å². The minimum atomic E-state index is -2.38. The largest absolute Gasteiger partial charge is 0.316 e. The van der Waals surface area contributed by atoms with Gasteiger partial charge < -0.3 is 0 Å². The van der Waals surface area contributed by atoms with Gasteiger partial charge in [-0.1, -0.05) is 0 Å². The molecule has 0 radical (unpaired) electrons. The molecule has 0 aliphatic rings. The maximum atomic E-state index is 9.86. The fraction of sp³-hybridized carbons (Fsp3) is 0. The fourth-order valence-corrected chi connectivity index (χ4v) is 0.652. The number of aromatic nitrogens is 2. The molecule has 0 unspecified atom stereocenters. The van der Waals surface area contributed by atoms with Crippen molar-refractivity contribution in [2.45, 2.75) is 0 Å². The molecule has 48 valence electrons. The Kier molecular flexibility index (Phi) is 1.59. The Morgan fingerprint density at radius 2 is 2.44 bits per heavy atom. The summed E-state index contributed by atoms with van der Waals surface area (Å²) in [5, 5.41) is 5.90. The Bertz CT molecular complexity index is 290. The summed E-state index contributed by atoms with van der Waals surface area (Å²) >= 11 is 0. The van der Waals surface area contributed by atoms with Crippen LogP contribution in [-0.2, 0) is 10.5 Å². The summed E-state index contributed by atoms with van der Waals surface area (Å²) in [6, 6.07) is 0. The van der Waals surface area contributed by atoms with E-state index in [-0.39, 0.29) is 0 Å². The first-order valence-corrected chi connectivity index (χ1v) is 3.12. The van der Waals surface area contributed by atoms with E-state index in [0.717, 1.165) is 0 Å². The number of H-pyrrole nitrogens is 1. The predicted octanol–water partition coefficient (Wildman–Crippen LogP) is 0.104. The van der Waals surface area contributed by atoms with Crippen molar-refractivity contribution in [3.63, 3.8) is 0 Å². The van der Waals surface area contributed by atoms with Gasteiger partial charge in [-0.15, -0.1) is 4.36 Å². The molecule has 1 aromatic heterocycles. The molecule has 1 N–H and O–H groups in total. The van der Waals surface area contributed by atoms with Gasteiger partial charge in [-0.2, -0.15) is 13.5 Å². The third-order valence-electron chi connectivity index (χ3n) is 0.664. The molecule has 0 aliphatic heterocycles. The molecular weight excluding hydrogens is 142 g/mol. The molecule has 0 fully saturated rings. The van der Waals surface area contributed by atoms with Gasteiger partial charge in [0.2, 0.25) is 0 Å². The SMILES string of the molecule is O=S(=O)=Nc1cn[nH]c1. The lowest BCUT2D eigenvalue weighted by molar-refractivity contribution is 0.622. The van der Waals surface area contributed by atoms with E-state index in [4.69, 9.17) is 0 Å². The first-order valence-electron chi connectivity index (χ1n) is 2.09. The maximum absolute atomic E-state index is 9.86. The van der Waals surface area contributed by atoms with Crippen molar-refractivity contribution in [1.29, 1.82) is 0 Å². The Morgan fingerprint density at radius 3 is 2.89 bits per heavy atom. The molecule has 6 heteroatoms. The zero-order valence-corrected chi connectivity index (χ0v) is 5.09. The number of nitrogens with one attached hydrogen (secondary N) is 1. The van der Waals surface area contributed by atoms with Crippen LogP contribution in [-0.4, -0.2) is 18.6 Å². The molecule has 0 aromatic carbocycles. The molecule has 0 amide bonds. The Balaban J connectivity index is 3.07. The standard InChI is InChI=1S/C3H3N3O2S/c7-9(8)6-3-1-4-5-2-3/h1-2H,(H,4,5). The topological polar surface area (TPSA) is 75.2 Å². The highest BCUT2D eigenvalue weighted by Gasteiger charge is 1.85. The summed E-state index contributed by atoms with van der Waals surface area (Å²) in [5.41, 5.74) is 0.309. The van der Waals surface area contributed by atoms with Crippen LogP contribution < -0.4 is 0 Å². The summed E-state index contributed by atoms with van der Waals surface area (Å²) in [4.78, 5) is 0. The molecule has 5 nitrogen and oxygen atoms in total. The third-order valence-corrected chi connectivity index (χ3v) is 1.02. The number of hydrogen-bond acceptors (Lipinski definition) is 4. The molecule has 1 aromatic rings. The zero-order valence-electron chi connectivity index (χ0n) is 4.27. The lowest BCUT2D eigenvalue weighted by atomic mass is 10.6. The fourth-order valence-electron chi connectivity index (χ4n) is 0.380. The van der Waals surface area contributed by atoms with Crippen LogP contribution in [0.1, 0.15) is 0 Å². The Hall–Kier alpha value is -1.17. The Labute approximate surface area is 52.4 Å². The van der Waals surface area contributed by atoms with Crippen molar-refractivity contribution in [2.24, 2.45) is 4.36 Å². The van der Waals surface area contributed by atoms with Crippen molar-refractivity contribution < 1.29 is 8.42 Å². The van der Waals surface area contributed by atoms with Crippen LogP contribution in [0.3, 0.4) is 0 Å². The number of nitrogens with zero attached hydrogens (tertiary/aromatic N) is 2. The van der Waals surface area contributed by atoms with E-state index in [0.29, 0.717) is 5.69 Å². The molecule has 0 aliphatic carbocycles. The second kappa shape index (κ2) is 2.40. The van der Waals surface area contributed by atoms with Crippen LogP contribution in [0.4, 0.5) is 5.69 Å². The first kappa shape index (κ1) is 5.96. The van der Waals surface area contributed by atoms with Crippen LogP contribution in [0.15, 0.2) is 16.8 Å². The van der Waals surface area contributed by atoms with E-state index < -0.39 is 10.5 Å². The number of aromatic amines is 1. The monoisotopic (exact) mass is 145 g/mol. The van der Waals surface area contributed by atoms with Gasteiger partial charge in [0.25, 0.3) is 0 Å². The van der Waals surface area contributed by atoms with Gasteiger partial charge in [-0.3, -0.25) is 5.10 Å². The zero-order chi connectivity index (χ0) is 6.69. The highest BCUT2D eigenvalue weighted by molar-refractivity contribution is 7.61. The lowest BCUT2D eigenvalue weighted by Crippen LogP contribution is -1.53. The van der Waals surface area contributed by atoms with Crippen LogP contribution in [0.25, 0.3) is 0 Å². The predicted molar refractivity (Wildman–Crippen MR) is 29.6 cm³/mol. The Morgan fingerprint density at radius 1 is 1.67 bits per heavy atom. The van der Waals surface area contributed by atoms with Crippen molar-refractivity contribution in [2.75, 3.05) is 0 Å². The number of hydrogen-bond donors (Lipinski definition) is 1. The van der Waals surface area contributed by atoms with Gasteiger partial charge in [0.1, 0.15) is 5.69 Å².